The Morgan fingerprint density at radius 2 is 1.88 bits per heavy atom. The van der Waals surface area contributed by atoms with E-state index < -0.39 is 11.7 Å². The van der Waals surface area contributed by atoms with Crippen LogP contribution in [-0.4, -0.2) is 12.2 Å². The van der Waals surface area contributed by atoms with Gasteiger partial charge in [-0.2, -0.15) is 0 Å². The predicted octanol–water partition coefficient (Wildman–Crippen LogP) is 4.52. The Bertz CT molecular complexity index is 802. The zero-order valence-corrected chi connectivity index (χ0v) is 13.4. The van der Waals surface area contributed by atoms with Gasteiger partial charge in [0, 0.05) is 5.69 Å². The van der Waals surface area contributed by atoms with Gasteiger partial charge in [0.25, 0.3) is 5.91 Å². The van der Waals surface area contributed by atoms with Crippen LogP contribution < -0.4 is 5.32 Å². The van der Waals surface area contributed by atoms with E-state index in [0.29, 0.717) is 11.3 Å². The standard InChI is InChI=1S/C20H18FNO2/c1-13-4-2-7-18(21)19(13)20(24)22-16-10-8-14(9-11-16)17-6-3-5-15(17)12-23/h2,4,7-12H,3,5-6H2,1H3,(H,22,24). The average molecular weight is 323 g/mol. The van der Waals surface area contributed by atoms with Gasteiger partial charge in [-0.3, -0.25) is 9.59 Å². The normalized spacial score (nSPS) is 13.9. The lowest BCUT2D eigenvalue weighted by atomic mass is 10.0. The summed E-state index contributed by atoms with van der Waals surface area (Å²) < 4.78 is 13.9. The number of carbonyl (C=O) groups excluding carboxylic acids is 2. The van der Waals surface area contributed by atoms with Crippen LogP contribution in [0.15, 0.2) is 48.0 Å². The Kier molecular flexibility index (Phi) is 4.56. The first-order chi connectivity index (χ1) is 11.6. The maximum atomic E-state index is 13.9. The summed E-state index contributed by atoms with van der Waals surface area (Å²) in [5.74, 6) is -0.997. The van der Waals surface area contributed by atoms with Crippen molar-refractivity contribution in [3.8, 4) is 0 Å². The van der Waals surface area contributed by atoms with Crippen LogP contribution >= 0.6 is 0 Å². The molecule has 0 aromatic heterocycles. The van der Waals surface area contributed by atoms with Gasteiger partial charge in [0.05, 0.1) is 5.56 Å². The fourth-order valence-corrected chi connectivity index (χ4v) is 3.09. The highest BCUT2D eigenvalue weighted by Crippen LogP contribution is 2.33. The van der Waals surface area contributed by atoms with Crippen LogP contribution in [0.3, 0.4) is 0 Å². The van der Waals surface area contributed by atoms with Gasteiger partial charge in [0.1, 0.15) is 12.1 Å². The second kappa shape index (κ2) is 6.79. The monoisotopic (exact) mass is 323 g/mol. The second-order valence-corrected chi connectivity index (χ2v) is 5.94. The van der Waals surface area contributed by atoms with Crippen molar-refractivity contribution >= 4 is 23.5 Å². The minimum atomic E-state index is -0.532. The molecule has 3 nitrogen and oxygen atoms in total. The molecule has 0 radical (unpaired) electrons. The molecule has 122 valence electrons. The zero-order chi connectivity index (χ0) is 17.1. The fourth-order valence-electron chi connectivity index (χ4n) is 3.09. The molecular weight excluding hydrogens is 305 g/mol. The van der Waals surface area contributed by atoms with Crippen LogP contribution in [0, 0.1) is 12.7 Å². The summed E-state index contributed by atoms with van der Waals surface area (Å²) >= 11 is 0. The van der Waals surface area contributed by atoms with E-state index in [1.807, 2.05) is 12.1 Å². The number of nitrogens with one attached hydrogen (secondary N) is 1. The lowest BCUT2D eigenvalue weighted by Crippen LogP contribution is -2.15. The maximum Gasteiger partial charge on any atom is 0.258 e. The van der Waals surface area contributed by atoms with Gasteiger partial charge in [0.2, 0.25) is 0 Å². The van der Waals surface area contributed by atoms with Crippen molar-refractivity contribution in [3.63, 3.8) is 0 Å². The topological polar surface area (TPSA) is 46.2 Å². The lowest BCUT2D eigenvalue weighted by Gasteiger charge is -2.10. The van der Waals surface area contributed by atoms with E-state index in [1.54, 1.807) is 31.2 Å². The average Bonchev–Trinajstić information content (AvgIpc) is 3.04. The van der Waals surface area contributed by atoms with Crippen molar-refractivity contribution in [1.82, 2.24) is 0 Å². The Labute approximate surface area is 140 Å². The number of hydrogen-bond acceptors (Lipinski definition) is 2. The number of allylic oxidation sites excluding steroid dienone is 2. The van der Waals surface area contributed by atoms with Crippen molar-refractivity contribution in [1.29, 1.82) is 0 Å². The number of anilines is 1. The highest BCUT2D eigenvalue weighted by atomic mass is 19.1. The first kappa shape index (κ1) is 16.1. The van der Waals surface area contributed by atoms with Crippen LogP contribution in [0.1, 0.15) is 40.7 Å². The third kappa shape index (κ3) is 3.13. The Morgan fingerprint density at radius 3 is 2.54 bits per heavy atom. The molecule has 0 saturated heterocycles. The molecule has 1 amide bonds. The molecule has 0 fully saturated rings. The number of carbonyl (C=O) groups is 2. The van der Waals surface area contributed by atoms with Gasteiger partial charge in [-0.25, -0.2) is 4.39 Å². The van der Waals surface area contributed by atoms with E-state index in [4.69, 9.17) is 0 Å². The maximum absolute atomic E-state index is 13.9. The highest BCUT2D eigenvalue weighted by Gasteiger charge is 2.17. The molecule has 1 aliphatic rings. The summed E-state index contributed by atoms with van der Waals surface area (Å²) in [6, 6.07) is 11.9. The summed E-state index contributed by atoms with van der Waals surface area (Å²) in [6.07, 6.45) is 3.64. The molecule has 2 aromatic carbocycles. The third-order valence-electron chi connectivity index (χ3n) is 4.34. The molecule has 0 atom stereocenters. The zero-order valence-electron chi connectivity index (χ0n) is 13.4. The van der Waals surface area contributed by atoms with Gasteiger partial charge in [-0.05, 0) is 66.7 Å². The van der Waals surface area contributed by atoms with Crippen molar-refractivity contribution in [2.45, 2.75) is 26.2 Å². The van der Waals surface area contributed by atoms with Gasteiger partial charge >= 0.3 is 0 Å². The fraction of sp³-hybridized carbons (Fsp3) is 0.200. The number of aldehydes is 1. The van der Waals surface area contributed by atoms with E-state index in [-0.39, 0.29) is 5.56 Å². The van der Waals surface area contributed by atoms with Gasteiger partial charge in [0.15, 0.2) is 0 Å². The van der Waals surface area contributed by atoms with E-state index >= 15 is 0 Å². The van der Waals surface area contributed by atoms with Crippen LogP contribution in [0.5, 0.6) is 0 Å². The third-order valence-corrected chi connectivity index (χ3v) is 4.34. The van der Waals surface area contributed by atoms with Gasteiger partial charge in [-0.15, -0.1) is 0 Å². The molecule has 2 aromatic rings. The molecule has 0 saturated carbocycles. The highest BCUT2D eigenvalue weighted by molar-refractivity contribution is 6.05. The minimum Gasteiger partial charge on any atom is -0.322 e. The van der Waals surface area contributed by atoms with Crippen LogP contribution in [0.25, 0.3) is 5.57 Å². The largest absolute Gasteiger partial charge is 0.322 e. The molecule has 0 aliphatic heterocycles. The van der Waals surface area contributed by atoms with Gasteiger partial charge in [-0.1, -0.05) is 24.3 Å². The molecule has 24 heavy (non-hydrogen) atoms. The number of benzene rings is 2. The molecular formula is C20H18FNO2. The molecule has 0 spiro atoms. The minimum absolute atomic E-state index is 0.0586. The van der Waals surface area contributed by atoms with Crippen LogP contribution in [-0.2, 0) is 4.79 Å². The number of aryl methyl sites for hydroxylation is 1. The van der Waals surface area contributed by atoms with Crippen LogP contribution in [0.2, 0.25) is 0 Å². The summed E-state index contributed by atoms with van der Waals surface area (Å²) in [6.45, 7) is 1.70. The Balaban J connectivity index is 1.80. The summed E-state index contributed by atoms with van der Waals surface area (Å²) in [7, 11) is 0. The first-order valence-corrected chi connectivity index (χ1v) is 7.94. The smallest absolute Gasteiger partial charge is 0.258 e. The number of halogens is 1. The molecule has 1 N–H and O–H groups in total. The summed E-state index contributed by atoms with van der Waals surface area (Å²) in [5, 5.41) is 2.72. The summed E-state index contributed by atoms with van der Waals surface area (Å²) in [4.78, 5) is 23.4. The predicted molar refractivity (Wildman–Crippen MR) is 92.4 cm³/mol. The molecule has 3 rings (SSSR count). The molecule has 1 aliphatic carbocycles. The molecule has 0 unspecified atom stereocenters. The quantitative estimate of drug-likeness (QED) is 0.841. The Hall–Kier alpha value is -2.75. The van der Waals surface area contributed by atoms with E-state index in [2.05, 4.69) is 5.32 Å². The van der Waals surface area contributed by atoms with E-state index in [9.17, 15) is 14.0 Å². The van der Waals surface area contributed by atoms with Crippen molar-refractivity contribution < 1.29 is 14.0 Å². The molecule has 0 heterocycles. The molecule has 4 heteroatoms. The SMILES string of the molecule is Cc1cccc(F)c1C(=O)Nc1ccc(C2=C(C=O)CCC2)cc1. The number of rotatable bonds is 4. The Morgan fingerprint density at radius 1 is 1.12 bits per heavy atom. The van der Waals surface area contributed by atoms with Crippen LogP contribution in [0.4, 0.5) is 10.1 Å². The second-order valence-electron chi connectivity index (χ2n) is 5.94. The van der Waals surface area contributed by atoms with Crippen molar-refractivity contribution in [3.05, 3.63) is 70.5 Å². The number of amides is 1. The van der Waals surface area contributed by atoms with E-state index in [0.717, 1.165) is 42.3 Å². The van der Waals surface area contributed by atoms with Crippen molar-refractivity contribution in [2.24, 2.45) is 0 Å². The molecule has 0 bridgehead atoms. The first-order valence-electron chi connectivity index (χ1n) is 7.94. The van der Waals surface area contributed by atoms with Crippen molar-refractivity contribution in [2.75, 3.05) is 5.32 Å². The van der Waals surface area contributed by atoms with Gasteiger partial charge < -0.3 is 5.32 Å². The van der Waals surface area contributed by atoms with E-state index in [1.165, 1.54) is 6.07 Å². The lowest BCUT2D eigenvalue weighted by molar-refractivity contribution is -0.104. The summed E-state index contributed by atoms with van der Waals surface area (Å²) in [5.41, 5.74) is 4.17. The number of hydrogen-bond donors (Lipinski definition) is 1.